The van der Waals surface area contributed by atoms with Crippen molar-refractivity contribution in [2.75, 3.05) is 19.8 Å². The maximum atomic E-state index is 5.68. The lowest BCUT2D eigenvalue weighted by Crippen LogP contribution is -2.58. The summed E-state index contributed by atoms with van der Waals surface area (Å²) in [4.78, 5) is 0. The molecule has 3 nitrogen and oxygen atoms in total. The molecule has 6 heteroatoms. The lowest BCUT2D eigenvalue weighted by molar-refractivity contribution is 0.0691. The second-order valence-electron chi connectivity index (χ2n) is 2.74. The number of hydrogen-bond donors (Lipinski definition) is 0. The number of alkyl halides is 2. The first-order valence-electron chi connectivity index (χ1n) is 4.73. The molecule has 14 heavy (non-hydrogen) atoms. The molecule has 0 aromatic carbocycles. The second-order valence-corrected chi connectivity index (χ2v) is 11.4. The maximum absolute atomic E-state index is 5.68. The van der Waals surface area contributed by atoms with Gasteiger partial charge in [-0.15, -0.1) is 0 Å². The zero-order valence-corrected chi connectivity index (χ0v) is 13.3. The van der Waals surface area contributed by atoms with Crippen LogP contribution >= 0.6 is 31.9 Å². The summed E-state index contributed by atoms with van der Waals surface area (Å²) in [5.74, 6) is 0. The molecule has 0 rings (SSSR count). The van der Waals surface area contributed by atoms with Crippen molar-refractivity contribution in [2.24, 2.45) is 0 Å². The fourth-order valence-electron chi connectivity index (χ4n) is 1.08. The van der Waals surface area contributed by atoms with Crippen LogP contribution in [0.3, 0.4) is 0 Å². The van der Waals surface area contributed by atoms with Crippen LogP contribution in [-0.4, -0.2) is 31.5 Å². The third-order valence-electron chi connectivity index (χ3n) is 1.54. The van der Waals surface area contributed by atoms with Crippen LogP contribution in [0.25, 0.3) is 0 Å². The van der Waals surface area contributed by atoms with E-state index in [0.29, 0.717) is 19.8 Å². The third-order valence-corrected chi connectivity index (χ3v) is 7.54. The van der Waals surface area contributed by atoms with Gasteiger partial charge in [-0.05, 0) is 27.7 Å². The molecule has 0 aromatic heterocycles. The molecule has 0 atom stereocenters. The predicted molar refractivity (Wildman–Crippen MR) is 66.9 cm³/mol. The number of rotatable bonds is 7. The molecule has 0 bridgehead atoms. The van der Waals surface area contributed by atoms with Crippen molar-refractivity contribution in [3.05, 3.63) is 0 Å². The first kappa shape index (κ1) is 15.1. The molecule has 0 fully saturated rings. The van der Waals surface area contributed by atoms with E-state index in [1.54, 1.807) is 0 Å². The first-order valence-corrected chi connectivity index (χ1v) is 8.04. The summed E-state index contributed by atoms with van der Waals surface area (Å²) in [5.41, 5.74) is 0. The SMILES string of the molecule is CCO[Si](OCC)(OCC)C(C)(Br)Br. The van der Waals surface area contributed by atoms with Crippen molar-refractivity contribution >= 4 is 40.7 Å². The van der Waals surface area contributed by atoms with Gasteiger partial charge in [0.1, 0.15) is 2.86 Å². The Kier molecular flexibility index (Phi) is 7.10. The fourth-order valence-corrected chi connectivity index (χ4v) is 5.29. The highest BCUT2D eigenvalue weighted by Gasteiger charge is 2.56. The van der Waals surface area contributed by atoms with Gasteiger partial charge >= 0.3 is 8.80 Å². The first-order chi connectivity index (χ1) is 6.43. The molecular weight excluding hydrogens is 332 g/mol. The van der Waals surface area contributed by atoms with Gasteiger partial charge in [-0.25, -0.2) is 0 Å². The molecule has 0 N–H and O–H groups in total. The van der Waals surface area contributed by atoms with E-state index in [1.807, 2.05) is 27.7 Å². The summed E-state index contributed by atoms with van der Waals surface area (Å²) >= 11 is 7.02. The lowest BCUT2D eigenvalue weighted by Gasteiger charge is -2.35. The topological polar surface area (TPSA) is 27.7 Å². The average Bonchev–Trinajstić information content (AvgIpc) is 2.03. The molecule has 0 unspecified atom stereocenters. The Balaban J connectivity index is 4.73. The lowest BCUT2D eigenvalue weighted by atomic mass is 10.9. The molecular formula is C8H18Br2O3Si. The van der Waals surface area contributed by atoms with Crippen molar-refractivity contribution in [1.82, 2.24) is 0 Å². The summed E-state index contributed by atoms with van der Waals surface area (Å²) in [6, 6.07) is 0. The van der Waals surface area contributed by atoms with E-state index in [-0.39, 0.29) is 0 Å². The highest BCUT2D eigenvalue weighted by Crippen LogP contribution is 2.38. The smallest absolute Gasteiger partial charge is 0.372 e. The van der Waals surface area contributed by atoms with Gasteiger partial charge in [0.05, 0.1) is 0 Å². The van der Waals surface area contributed by atoms with Crippen molar-refractivity contribution in [1.29, 1.82) is 0 Å². The molecule has 0 heterocycles. The van der Waals surface area contributed by atoms with Crippen LogP contribution in [0.5, 0.6) is 0 Å². The van der Waals surface area contributed by atoms with E-state index < -0.39 is 11.7 Å². The third kappa shape index (κ3) is 3.90. The van der Waals surface area contributed by atoms with Gasteiger partial charge in [0, 0.05) is 19.8 Å². The molecule has 0 spiro atoms. The second kappa shape index (κ2) is 6.60. The van der Waals surface area contributed by atoms with Crippen molar-refractivity contribution < 1.29 is 13.3 Å². The van der Waals surface area contributed by atoms with Crippen molar-refractivity contribution in [3.8, 4) is 0 Å². The van der Waals surface area contributed by atoms with Gasteiger partial charge < -0.3 is 13.3 Å². The molecule has 0 saturated carbocycles. The van der Waals surface area contributed by atoms with Gasteiger partial charge in [-0.1, -0.05) is 31.9 Å². The van der Waals surface area contributed by atoms with Crippen LogP contribution in [0.1, 0.15) is 27.7 Å². The minimum Gasteiger partial charge on any atom is -0.372 e. The summed E-state index contributed by atoms with van der Waals surface area (Å²) in [5, 5.41) is 0. The quantitative estimate of drug-likeness (QED) is 0.522. The summed E-state index contributed by atoms with van der Waals surface area (Å²) in [6.45, 7) is 9.50. The van der Waals surface area contributed by atoms with Crippen LogP contribution in [0.15, 0.2) is 0 Å². The highest BCUT2D eigenvalue weighted by atomic mass is 79.9. The molecule has 0 aliphatic heterocycles. The number of halogens is 2. The van der Waals surface area contributed by atoms with E-state index in [2.05, 4.69) is 31.9 Å². The Morgan fingerprint density at radius 1 is 0.929 bits per heavy atom. The molecule has 0 aliphatic rings. The zero-order chi connectivity index (χ0) is 11.2. The van der Waals surface area contributed by atoms with Gasteiger partial charge in [0.15, 0.2) is 0 Å². The largest absolute Gasteiger partial charge is 0.529 e. The molecule has 0 aromatic rings. The normalized spacial score (nSPS) is 13.3. The van der Waals surface area contributed by atoms with Gasteiger partial charge in [-0.3, -0.25) is 0 Å². The van der Waals surface area contributed by atoms with E-state index in [1.165, 1.54) is 0 Å². The van der Waals surface area contributed by atoms with Gasteiger partial charge in [0.2, 0.25) is 0 Å². The van der Waals surface area contributed by atoms with E-state index in [0.717, 1.165) is 0 Å². The van der Waals surface area contributed by atoms with Crippen LogP contribution in [0, 0.1) is 0 Å². The minimum atomic E-state index is -2.66. The summed E-state index contributed by atoms with van der Waals surface area (Å²) < 4.78 is 16.6. The Bertz CT molecular complexity index is 144. The van der Waals surface area contributed by atoms with Crippen molar-refractivity contribution in [3.63, 3.8) is 0 Å². The zero-order valence-electron chi connectivity index (χ0n) is 9.10. The molecule has 0 amide bonds. The van der Waals surface area contributed by atoms with Crippen LogP contribution in [0.4, 0.5) is 0 Å². The summed E-state index contributed by atoms with van der Waals surface area (Å²) in [6.07, 6.45) is 0. The summed E-state index contributed by atoms with van der Waals surface area (Å²) in [7, 11) is -2.66. The molecule has 86 valence electrons. The Labute approximate surface area is 104 Å². The molecule has 0 saturated heterocycles. The predicted octanol–water partition coefficient (Wildman–Crippen LogP) is 3.08. The highest BCUT2D eigenvalue weighted by molar-refractivity contribution is 9.26. The Hall–Kier alpha value is 1.06. The van der Waals surface area contributed by atoms with E-state index in [9.17, 15) is 0 Å². The fraction of sp³-hybridized carbons (Fsp3) is 1.00. The van der Waals surface area contributed by atoms with E-state index in [4.69, 9.17) is 13.3 Å². The van der Waals surface area contributed by atoms with Crippen LogP contribution in [0.2, 0.25) is 0 Å². The maximum Gasteiger partial charge on any atom is 0.529 e. The minimum absolute atomic E-state index is 0.435. The van der Waals surface area contributed by atoms with Crippen LogP contribution < -0.4 is 0 Å². The van der Waals surface area contributed by atoms with Gasteiger partial charge in [-0.2, -0.15) is 0 Å². The van der Waals surface area contributed by atoms with E-state index >= 15 is 0 Å². The monoisotopic (exact) mass is 348 g/mol. The molecule has 0 aliphatic carbocycles. The average molecular weight is 350 g/mol. The van der Waals surface area contributed by atoms with Crippen molar-refractivity contribution in [2.45, 2.75) is 30.6 Å². The van der Waals surface area contributed by atoms with Gasteiger partial charge in [0.25, 0.3) is 0 Å². The Morgan fingerprint density at radius 2 is 1.21 bits per heavy atom. The molecule has 0 radical (unpaired) electrons. The standard InChI is InChI=1S/C8H18Br2O3Si/c1-5-11-14(12-6-2,13-7-3)8(4,9)10/h5-7H2,1-4H3. The number of hydrogen-bond acceptors (Lipinski definition) is 3. The van der Waals surface area contributed by atoms with Crippen LogP contribution in [-0.2, 0) is 13.3 Å². The Morgan fingerprint density at radius 3 is 1.36 bits per heavy atom.